The minimum Gasteiger partial charge on any atom is -0.460 e. The molecule has 0 radical (unpaired) electrons. The number of hydrogen-bond acceptors (Lipinski definition) is 5. The van der Waals surface area contributed by atoms with Gasteiger partial charge in [0, 0.05) is 17.0 Å². The second kappa shape index (κ2) is 7.20. The first-order valence-electron chi connectivity index (χ1n) is 10.6. The molecule has 2 aliphatic heterocycles. The van der Waals surface area contributed by atoms with E-state index in [1.54, 1.807) is 10.6 Å². The highest BCUT2D eigenvalue weighted by atomic mass is 19.2. The van der Waals surface area contributed by atoms with Gasteiger partial charge >= 0.3 is 5.97 Å². The van der Waals surface area contributed by atoms with Crippen molar-refractivity contribution >= 4 is 16.9 Å². The Labute approximate surface area is 182 Å². The summed E-state index contributed by atoms with van der Waals surface area (Å²) >= 11 is 0. The van der Waals surface area contributed by atoms with Crippen molar-refractivity contribution in [3.8, 4) is 11.4 Å². The van der Waals surface area contributed by atoms with E-state index < -0.39 is 23.2 Å². The molecule has 8 heteroatoms. The Balaban J connectivity index is 1.77. The predicted molar refractivity (Wildman–Crippen MR) is 113 cm³/mol. The summed E-state index contributed by atoms with van der Waals surface area (Å²) in [5.74, 6) is -2.34. The summed E-state index contributed by atoms with van der Waals surface area (Å²) in [6.45, 7) is 5.79. The van der Waals surface area contributed by atoms with Crippen LogP contribution in [0.2, 0.25) is 0 Å². The van der Waals surface area contributed by atoms with Gasteiger partial charge in [-0.3, -0.25) is 9.59 Å². The molecule has 6 nitrogen and oxygen atoms in total. The molecule has 2 aliphatic rings. The first-order chi connectivity index (χ1) is 15.2. The molecule has 2 aromatic heterocycles. The van der Waals surface area contributed by atoms with Gasteiger partial charge in [0.15, 0.2) is 11.6 Å². The summed E-state index contributed by atoms with van der Waals surface area (Å²) in [5.41, 5.74) is 1.87. The molecule has 0 aliphatic carbocycles. The van der Waals surface area contributed by atoms with Crippen molar-refractivity contribution in [2.75, 3.05) is 0 Å². The number of pyridine rings is 2. The van der Waals surface area contributed by atoms with Crippen LogP contribution in [0.15, 0.2) is 29.1 Å². The van der Waals surface area contributed by atoms with E-state index in [0.717, 1.165) is 17.7 Å². The van der Waals surface area contributed by atoms with Gasteiger partial charge in [0.2, 0.25) is 0 Å². The zero-order chi connectivity index (χ0) is 22.8. The van der Waals surface area contributed by atoms with E-state index >= 15 is 0 Å². The molecule has 0 saturated heterocycles. The highest BCUT2D eigenvalue weighted by Crippen LogP contribution is 2.42. The van der Waals surface area contributed by atoms with Crippen LogP contribution < -0.4 is 5.56 Å². The second-order valence-corrected chi connectivity index (χ2v) is 8.62. The van der Waals surface area contributed by atoms with Crippen LogP contribution in [0.4, 0.5) is 8.78 Å². The number of nitrogens with zero attached hydrogens (tertiary/aromatic N) is 2. The zero-order valence-electron chi connectivity index (χ0n) is 18.0. The Kier molecular flexibility index (Phi) is 4.67. The van der Waals surface area contributed by atoms with Gasteiger partial charge in [-0.05, 0) is 44.0 Å². The van der Waals surface area contributed by atoms with E-state index in [1.807, 2.05) is 26.8 Å². The van der Waals surface area contributed by atoms with Gasteiger partial charge in [-0.1, -0.05) is 6.92 Å². The number of carbonyl (C=O) groups excluding carboxylic acids is 1. The normalized spacial score (nSPS) is 19.5. The molecule has 166 valence electrons. The average Bonchev–Trinajstić information content (AvgIpc) is 3.02. The molecule has 0 amide bonds. The number of rotatable bonds is 3. The predicted octanol–water partition coefficient (Wildman–Crippen LogP) is 4.18. The van der Waals surface area contributed by atoms with Crippen molar-refractivity contribution in [3.05, 3.63) is 62.9 Å². The van der Waals surface area contributed by atoms with Crippen LogP contribution in [-0.4, -0.2) is 21.6 Å². The SMILES string of the molecule is CC[C@@]1(OC(C)C)CC(=O)OCc2c1cc1n(c2=O)Cc2cc3cc(F)c(F)cc3nc2-1. The molecule has 3 aromatic rings. The lowest BCUT2D eigenvalue weighted by Crippen LogP contribution is -2.36. The molecule has 0 saturated carbocycles. The number of esters is 1. The highest BCUT2D eigenvalue weighted by molar-refractivity contribution is 5.84. The summed E-state index contributed by atoms with van der Waals surface area (Å²) < 4.78 is 40.7. The van der Waals surface area contributed by atoms with Crippen LogP contribution in [0.3, 0.4) is 0 Å². The fourth-order valence-corrected chi connectivity index (χ4v) is 4.80. The molecule has 0 N–H and O–H groups in total. The Hall–Kier alpha value is -3.13. The molecular formula is C24H22F2N2O4. The number of ether oxygens (including phenoxy) is 2. The quantitative estimate of drug-likeness (QED) is 0.447. The minimum atomic E-state index is -0.999. The molecule has 1 aromatic carbocycles. The average molecular weight is 440 g/mol. The van der Waals surface area contributed by atoms with Crippen LogP contribution >= 0.6 is 0 Å². The fraction of sp³-hybridized carbons (Fsp3) is 0.375. The number of fused-ring (bicyclic) bond motifs is 5. The summed E-state index contributed by atoms with van der Waals surface area (Å²) in [5, 5.41) is 0.463. The molecule has 32 heavy (non-hydrogen) atoms. The van der Waals surface area contributed by atoms with Gasteiger partial charge in [-0.25, -0.2) is 13.8 Å². The topological polar surface area (TPSA) is 70.4 Å². The fourth-order valence-electron chi connectivity index (χ4n) is 4.80. The third kappa shape index (κ3) is 3.04. The molecule has 1 atom stereocenters. The lowest BCUT2D eigenvalue weighted by Gasteiger charge is -2.34. The van der Waals surface area contributed by atoms with Crippen molar-refractivity contribution in [3.63, 3.8) is 0 Å². The zero-order valence-corrected chi connectivity index (χ0v) is 18.0. The van der Waals surface area contributed by atoms with Gasteiger partial charge in [0.25, 0.3) is 5.56 Å². The maximum atomic E-state index is 13.8. The number of halogens is 2. The summed E-state index contributed by atoms with van der Waals surface area (Å²) in [7, 11) is 0. The number of cyclic esters (lactones) is 1. The van der Waals surface area contributed by atoms with Crippen molar-refractivity contribution in [1.82, 2.24) is 9.55 Å². The number of benzene rings is 1. The monoisotopic (exact) mass is 440 g/mol. The van der Waals surface area contributed by atoms with E-state index in [4.69, 9.17) is 9.47 Å². The second-order valence-electron chi connectivity index (χ2n) is 8.62. The molecule has 4 heterocycles. The van der Waals surface area contributed by atoms with Crippen LogP contribution in [-0.2, 0) is 33.0 Å². The van der Waals surface area contributed by atoms with Crippen LogP contribution in [0.25, 0.3) is 22.3 Å². The lowest BCUT2D eigenvalue weighted by molar-refractivity contribution is -0.155. The van der Waals surface area contributed by atoms with Gasteiger partial charge in [0.1, 0.15) is 12.2 Å². The van der Waals surface area contributed by atoms with Crippen molar-refractivity contribution in [1.29, 1.82) is 0 Å². The summed E-state index contributed by atoms with van der Waals surface area (Å²) in [4.78, 5) is 30.4. The Morgan fingerprint density at radius 2 is 1.94 bits per heavy atom. The number of carbonyl (C=O) groups is 1. The largest absolute Gasteiger partial charge is 0.460 e. The van der Waals surface area contributed by atoms with Crippen molar-refractivity contribution in [2.45, 2.75) is 58.5 Å². The molecule has 5 rings (SSSR count). The van der Waals surface area contributed by atoms with E-state index in [-0.39, 0.29) is 31.2 Å². The molecule has 0 fully saturated rings. The van der Waals surface area contributed by atoms with E-state index in [2.05, 4.69) is 4.98 Å². The Bertz CT molecular complexity index is 1350. The van der Waals surface area contributed by atoms with Crippen LogP contribution in [0, 0.1) is 11.6 Å². The lowest BCUT2D eigenvalue weighted by atomic mass is 9.85. The smallest absolute Gasteiger partial charge is 0.309 e. The maximum absolute atomic E-state index is 13.8. The van der Waals surface area contributed by atoms with Gasteiger partial charge in [0.05, 0.1) is 41.5 Å². The first kappa shape index (κ1) is 20.8. The molecule has 0 unspecified atom stereocenters. The van der Waals surface area contributed by atoms with Crippen LogP contribution in [0.5, 0.6) is 0 Å². The highest BCUT2D eigenvalue weighted by Gasteiger charge is 2.42. The van der Waals surface area contributed by atoms with Crippen molar-refractivity contribution < 1.29 is 23.0 Å². The third-order valence-electron chi connectivity index (χ3n) is 6.24. The Morgan fingerprint density at radius 3 is 2.66 bits per heavy atom. The van der Waals surface area contributed by atoms with Gasteiger partial charge < -0.3 is 14.0 Å². The van der Waals surface area contributed by atoms with E-state index in [0.29, 0.717) is 39.8 Å². The first-order valence-corrected chi connectivity index (χ1v) is 10.6. The minimum absolute atomic E-state index is 0.0000669. The summed E-state index contributed by atoms with van der Waals surface area (Å²) in [6.07, 6.45) is 0.288. The molecular weight excluding hydrogens is 418 g/mol. The van der Waals surface area contributed by atoms with Gasteiger partial charge in [-0.2, -0.15) is 0 Å². The van der Waals surface area contributed by atoms with Crippen molar-refractivity contribution in [2.24, 2.45) is 0 Å². The van der Waals surface area contributed by atoms with E-state index in [1.165, 1.54) is 0 Å². The summed E-state index contributed by atoms with van der Waals surface area (Å²) in [6, 6.07) is 5.74. The number of hydrogen-bond donors (Lipinski definition) is 0. The van der Waals surface area contributed by atoms with Crippen LogP contribution in [0.1, 0.15) is 50.3 Å². The van der Waals surface area contributed by atoms with E-state index in [9.17, 15) is 18.4 Å². The number of aromatic nitrogens is 2. The standard InChI is InChI=1S/C24H22F2N2O4/c1-4-24(32-12(2)3)9-21(29)31-11-15-16(24)7-20-22-14(10-28(20)23(15)30)5-13-6-17(25)18(26)8-19(13)27-22/h5-8,12H,4,9-11H2,1-3H3/t24-/m1/s1. The Morgan fingerprint density at radius 1 is 1.19 bits per heavy atom. The molecule has 0 spiro atoms. The maximum Gasteiger partial charge on any atom is 0.309 e. The van der Waals surface area contributed by atoms with Gasteiger partial charge in [-0.15, -0.1) is 0 Å². The molecule has 0 bridgehead atoms. The third-order valence-corrected chi connectivity index (χ3v) is 6.24.